The summed E-state index contributed by atoms with van der Waals surface area (Å²) in [6.45, 7) is 0. The van der Waals surface area contributed by atoms with Gasteiger partial charge in [-0.1, -0.05) is 0 Å². The Bertz CT molecular complexity index is 502. The van der Waals surface area contributed by atoms with Gasteiger partial charge in [-0.2, -0.15) is 0 Å². The third kappa shape index (κ3) is 1.21. The Morgan fingerprint density at radius 1 is 1.38 bits per heavy atom. The van der Waals surface area contributed by atoms with E-state index in [0.717, 1.165) is 0 Å². The van der Waals surface area contributed by atoms with Crippen molar-refractivity contribution in [2.75, 3.05) is 7.11 Å². The number of ether oxygens (including phenoxy) is 1. The molecular weight excluding hydrogens is 191 g/mol. The van der Waals surface area contributed by atoms with Crippen molar-refractivity contribution in [1.29, 1.82) is 0 Å². The molecule has 0 aliphatic heterocycles. The highest BCUT2D eigenvalue weighted by Gasteiger charge is 2.08. The molecule has 2 aromatic rings. The Kier molecular flexibility index (Phi) is 1.81. The third-order valence-electron chi connectivity index (χ3n) is 1.81. The van der Waals surface area contributed by atoms with Crippen LogP contribution in [0, 0.1) is 10.6 Å². The van der Waals surface area contributed by atoms with Crippen LogP contribution < -0.4 is 4.74 Å². The van der Waals surface area contributed by atoms with Gasteiger partial charge in [0.2, 0.25) is 0 Å². The minimum Gasteiger partial charge on any atom is -0.494 e. The molecule has 0 bridgehead atoms. The molecule has 5 heteroatoms. The van der Waals surface area contributed by atoms with E-state index in [2.05, 4.69) is 9.97 Å². The number of hydrogen-bond acceptors (Lipinski definition) is 2. The molecule has 2 N–H and O–H groups in total. The zero-order valence-electron chi connectivity index (χ0n) is 6.85. The number of fused-ring (bicyclic) bond motifs is 1. The molecule has 0 fully saturated rings. The monoisotopic (exact) mass is 198 g/mol. The smallest absolute Gasteiger partial charge is 0.190 e. The summed E-state index contributed by atoms with van der Waals surface area (Å²) in [5.74, 6) is -0.217. The van der Waals surface area contributed by atoms with Crippen molar-refractivity contribution >= 4 is 23.3 Å². The second kappa shape index (κ2) is 2.85. The van der Waals surface area contributed by atoms with E-state index in [0.29, 0.717) is 15.8 Å². The van der Waals surface area contributed by atoms with Crippen molar-refractivity contribution in [3.8, 4) is 5.75 Å². The lowest BCUT2D eigenvalue weighted by Gasteiger charge is -2.00. The van der Waals surface area contributed by atoms with Gasteiger partial charge in [0, 0.05) is 0 Å². The molecule has 1 aromatic carbocycles. The topological polar surface area (TPSA) is 40.8 Å². The van der Waals surface area contributed by atoms with Crippen LogP contribution in [0.2, 0.25) is 0 Å². The van der Waals surface area contributed by atoms with Crippen LogP contribution in [0.5, 0.6) is 5.75 Å². The number of hydrogen-bond donors (Lipinski definition) is 2. The fourth-order valence-corrected chi connectivity index (χ4v) is 1.42. The molecule has 0 aliphatic rings. The minimum atomic E-state index is -0.424. The largest absolute Gasteiger partial charge is 0.494 e. The van der Waals surface area contributed by atoms with Gasteiger partial charge >= 0.3 is 0 Å². The fourth-order valence-electron chi connectivity index (χ4n) is 1.21. The summed E-state index contributed by atoms with van der Waals surface area (Å²) < 4.78 is 18.7. The highest BCUT2D eigenvalue weighted by Crippen LogP contribution is 2.23. The summed E-state index contributed by atoms with van der Waals surface area (Å²) in [5.41, 5.74) is 0.993. The lowest BCUT2D eigenvalue weighted by molar-refractivity contribution is 0.388. The van der Waals surface area contributed by atoms with Gasteiger partial charge in [-0.05, 0) is 24.4 Å². The molecule has 0 radical (unpaired) electrons. The highest BCUT2D eigenvalue weighted by molar-refractivity contribution is 7.71. The summed E-state index contributed by atoms with van der Waals surface area (Å²) >= 11 is 4.83. The zero-order valence-corrected chi connectivity index (χ0v) is 7.67. The first-order valence-electron chi connectivity index (χ1n) is 3.67. The van der Waals surface area contributed by atoms with E-state index in [-0.39, 0.29) is 5.75 Å². The number of H-pyrrole nitrogens is 2. The standard InChI is InChI=1S/C8H7FN2OS/c1-12-5-3-2-4-7(6(5)9)11-8(13)10-4/h2-3H,1H3,(H2,10,11,13). The van der Waals surface area contributed by atoms with Crippen molar-refractivity contribution in [2.45, 2.75) is 0 Å². The van der Waals surface area contributed by atoms with E-state index in [4.69, 9.17) is 17.0 Å². The van der Waals surface area contributed by atoms with E-state index in [1.165, 1.54) is 7.11 Å². The average Bonchev–Trinajstić information content (AvgIpc) is 2.47. The SMILES string of the molecule is COc1ccc2[nH]c(=S)[nH]c2c1F. The van der Waals surface area contributed by atoms with Crippen LogP contribution in [-0.2, 0) is 0 Å². The van der Waals surface area contributed by atoms with Crippen molar-refractivity contribution in [1.82, 2.24) is 9.97 Å². The lowest BCUT2D eigenvalue weighted by Crippen LogP contribution is -1.88. The summed E-state index contributed by atoms with van der Waals surface area (Å²) in [5, 5.41) is 0. The van der Waals surface area contributed by atoms with E-state index in [9.17, 15) is 4.39 Å². The quantitative estimate of drug-likeness (QED) is 0.691. The molecule has 0 saturated heterocycles. The first-order chi connectivity index (χ1) is 6.22. The van der Waals surface area contributed by atoms with Crippen LogP contribution in [0.4, 0.5) is 4.39 Å². The summed E-state index contributed by atoms with van der Waals surface area (Å²) in [7, 11) is 1.42. The maximum absolute atomic E-state index is 13.5. The Labute approximate surface area is 78.5 Å². The summed E-state index contributed by atoms with van der Waals surface area (Å²) in [6.07, 6.45) is 0. The number of methoxy groups -OCH3 is 1. The molecule has 2 rings (SSSR count). The van der Waals surface area contributed by atoms with Gasteiger partial charge in [-0.15, -0.1) is 0 Å². The number of halogens is 1. The number of benzene rings is 1. The lowest BCUT2D eigenvalue weighted by atomic mass is 10.3. The molecule has 1 aromatic heterocycles. The molecule has 68 valence electrons. The Morgan fingerprint density at radius 2 is 2.15 bits per heavy atom. The maximum Gasteiger partial charge on any atom is 0.190 e. The average molecular weight is 198 g/mol. The Morgan fingerprint density at radius 3 is 2.85 bits per heavy atom. The number of nitrogens with one attached hydrogen (secondary N) is 2. The molecule has 0 unspecified atom stereocenters. The highest BCUT2D eigenvalue weighted by atomic mass is 32.1. The van der Waals surface area contributed by atoms with Crippen LogP contribution in [0.3, 0.4) is 0 Å². The predicted octanol–water partition coefficient (Wildman–Crippen LogP) is 2.37. The number of imidazole rings is 1. The van der Waals surface area contributed by atoms with Crippen LogP contribution in [0.15, 0.2) is 12.1 Å². The predicted molar refractivity (Wildman–Crippen MR) is 50.0 cm³/mol. The van der Waals surface area contributed by atoms with Gasteiger partial charge in [0.15, 0.2) is 16.3 Å². The second-order valence-electron chi connectivity index (χ2n) is 2.58. The van der Waals surface area contributed by atoms with Crippen LogP contribution in [-0.4, -0.2) is 17.1 Å². The summed E-state index contributed by atoms with van der Waals surface area (Å²) in [4.78, 5) is 5.52. The summed E-state index contributed by atoms with van der Waals surface area (Å²) in [6, 6.07) is 3.26. The number of rotatable bonds is 1. The first kappa shape index (κ1) is 8.25. The molecule has 3 nitrogen and oxygen atoms in total. The molecule has 0 amide bonds. The zero-order chi connectivity index (χ0) is 9.42. The van der Waals surface area contributed by atoms with Crippen molar-refractivity contribution < 1.29 is 9.13 Å². The molecule has 0 saturated carbocycles. The number of aromatic amines is 2. The molecule has 0 spiro atoms. The normalized spacial score (nSPS) is 10.6. The van der Waals surface area contributed by atoms with Gasteiger partial charge in [-0.3, -0.25) is 0 Å². The van der Waals surface area contributed by atoms with Gasteiger partial charge < -0.3 is 14.7 Å². The molecule has 0 aliphatic carbocycles. The van der Waals surface area contributed by atoms with E-state index in [1.54, 1.807) is 12.1 Å². The van der Waals surface area contributed by atoms with Gasteiger partial charge in [0.25, 0.3) is 0 Å². The van der Waals surface area contributed by atoms with Gasteiger partial charge in [0.05, 0.1) is 12.6 Å². The van der Waals surface area contributed by atoms with Crippen molar-refractivity contribution in [3.63, 3.8) is 0 Å². The minimum absolute atomic E-state index is 0.206. The van der Waals surface area contributed by atoms with Gasteiger partial charge in [-0.25, -0.2) is 4.39 Å². The van der Waals surface area contributed by atoms with E-state index >= 15 is 0 Å². The van der Waals surface area contributed by atoms with Crippen LogP contribution in [0.25, 0.3) is 11.0 Å². The van der Waals surface area contributed by atoms with Crippen LogP contribution >= 0.6 is 12.2 Å². The molecule has 13 heavy (non-hydrogen) atoms. The Balaban J connectivity index is 2.85. The van der Waals surface area contributed by atoms with Gasteiger partial charge in [0.1, 0.15) is 5.52 Å². The fraction of sp³-hybridized carbons (Fsp3) is 0.125. The Hall–Kier alpha value is -1.36. The van der Waals surface area contributed by atoms with Crippen LogP contribution in [0.1, 0.15) is 0 Å². The molecule has 1 heterocycles. The van der Waals surface area contributed by atoms with E-state index in [1.807, 2.05) is 0 Å². The first-order valence-corrected chi connectivity index (χ1v) is 4.07. The second-order valence-corrected chi connectivity index (χ2v) is 2.99. The molecule has 0 atom stereocenters. The third-order valence-corrected chi connectivity index (χ3v) is 2.02. The van der Waals surface area contributed by atoms with Crippen molar-refractivity contribution in [2.24, 2.45) is 0 Å². The van der Waals surface area contributed by atoms with E-state index < -0.39 is 5.82 Å². The maximum atomic E-state index is 13.5. The van der Waals surface area contributed by atoms with Crippen molar-refractivity contribution in [3.05, 3.63) is 22.7 Å². The number of aromatic nitrogens is 2. The molecular formula is C8H7FN2OS.